The van der Waals surface area contributed by atoms with Gasteiger partial charge >= 0.3 is 0 Å². The standard InChI is InChI=1S/C34H26N2/c1-19-15-17-25-29-27(19)21(3)31(23-11-7-5-8-12-23)35-33(29)26-18-16-20(2)28-22(4)32(36-34(25)30(26)28)24-13-9-6-10-14-24/h5-18H,1-4H3. The average Bonchev–Trinajstić information content (AvgIpc) is 2.91. The third-order valence-electron chi connectivity index (χ3n) is 7.81. The van der Waals surface area contributed by atoms with E-state index in [4.69, 9.17) is 9.97 Å². The highest BCUT2D eigenvalue weighted by molar-refractivity contribution is 6.33. The van der Waals surface area contributed by atoms with Crippen LogP contribution in [0.15, 0.2) is 84.9 Å². The highest BCUT2D eigenvalue weighted by atomic mass is 14.7. The number of aryl methyl sites for hydroxylation is 4. The lowest BCUT2D eigenvalue weighted by Crippen LogP contribution is -2.00. The minimum absolute atomic E-state index is 1.06. The summed E-state index contributed by atoms with van der Waals surface area (Å²) in [7, 11) is 0. The van der Waals surface area contributed by atoms with Crippen molar-refractivity contribution in [3.63, 3.8) is 0 Å². The van der Waals surface area contributed by atoms with E-state index in [9.17, 15) is 0 Å². The Morgan fingerprint density at radius 3 is 1.19 bits per heavy atom. The summed E-state index contributed by atoms with van der Waals surface area (Å²) in [6.45, 7) is 8.85. The van der Waals surface area contributed by atoms with Gasteiger partial charge in [0.1, 0.15) is 0 Å². The van der Waals surface area contributed by atoms with Crippen LogP contribution in [0.25, 0.3) is 65.9 Å². The Kier molecular flexibility index (Phi) is 4.44. The van der Waals surface area contributed by atoms with E-state index in [1.807, 2.05) is 0 Å². The third kappa shape index (κ3) is 2.79. The van der Waals surface area contributed by atoms with Crippen molar-refractivity contribution in [1.29, 1.82) is 0 Å². The fourth-order valence-electron chi connectivity index (χ4n) is 6.15. The molecule has 0 saturated carbocycles. The Bertz CT molecular complexity index is 1810. The smallest absolute Gasteiger partial charge is 0.0802 e. The lowest BCUT2D eigenvalue weighted by atomic mass is 9.87. The fourth-order valence-corrected chi connectivity index (χ4v) is 6.15. The van der Waals surface area contributed by atoms with Gasteiger partial charge in [-0.25, -0.2) is 9.97 Å². The van der Waals surface area contributed by atoms with Crippen LogP contribution in [0.1, 0.15) is 22.3 Å². The fraction of sp³-hybridized carbons (Fsp3) is 0.118. The molecule has 0 atom stereocenters. The van der Waals surface area contributed by atoms with E-state index in [1.54, 1.807) is 0 Å². The van der Waals surface area contributed by atoms with Gasteiger partial charge in [-0.1, -0.05) is 84.9 Å². The first kappa shape index (κ1) is 21.0. The van der Waals surface area contributed by atoms with Crippen LogP contribution in [0.5, 0.6) is 0 Å². The molecule has 0 amide bonds. The average molecular weight is 463 g/mol. The van der Waals surface area contributed by atoms with Crippen molar-refractivity contribution < 1.29 is 0 Å². The van der Waals surface area contributed by atoms with Crippen LogP contribution >= 0.6 is 0 Å². The molecule has 2 aromatic heterocycles. The van der Waals surface area contributed by atoms with Crippen LogP contribution in [-0.4, -0.2) is 9.97 Å². The summed E-state index contributed by atoms with van der Waals surface area (Å²) < 4.78 is 0. The van der Waals surface area contributed by atoms with Gasteiger partial charge in [0, 0.05) is 32.7 Å². The summed E-state index contributed by atoms with van der Waals surface area (Å²) in [5, 5.41) is 7.39. The second kappa shape index (κ2) is 7.60. The zero-order valence-electron chi connectivity index (χ0n) is 21.0. The number of rotatable bonds is 2. The van der Waals surface area contributed by atoms with Crippen molar-refractivity contribution in [3.05, 3.63) is 107 Å². The molecule has 0 bridgehead atoms. The van der Waals surface area contributed by atoms with Crippen LogP contribution in [-0.2, 0) is 0 Å². The minimum Gasteiger partial charge on any atom is -0.247 e. The summed E-state index contributed by atoms with van der Waals surface area (Å²) in [6.07, 6.45) is 0. The van der Waals surface area contributed by atoms with E-state index in [1.165, 1.54) is 54.6 Å². The lowest BCUT2D eigenvalue weighted by Gasteiger charge is -2.21. The van der Waals surface area contributed by atoms with Gasteiger partial charge in [-0.2, -0.15) is 0 Å². The molecule has 0 aliphatic heterocycles. The molecule has 0 aliphatic rings. The van der Waals surface area contributed by atoms with E-state index >= 15 is 0 Å². The zero-order valence-corrected chi connectivity index (χ0v) is 21.0. The van der Waals surface area contributed by atoms with E-state index in [0.717, 1.165) is 33.5 Å². The van der Waals surface area contributed by atoms with Crippen molar-refractivity contribution in [2.75, 3.05) is 0 Å². The molecule has 0 N–H and O–H groups in total. The third-order valence-corrected chi connectivity index (χ3v) is 7.81. The molecule has 172 valence electrons. The maximum Gasteiger partial charge on any atom is 0.0802 e. The van der Waals surface area contributed by atoms with Gasteiger partial charge in [-0.15, -0.1) is 0 Å². The van der Waals surface area contributed by atoms with Crippen LogP contribution in [0, 0.1) is 27.7 Å². The van der Waals surface area contributed by atoms with Crippen molar-refractivity contribution >= 4 is 43.4 Å². The lowest BCUT2D eigenvalue weighted by molar-refractivity contribution is 1.33. The second-order valence-corrected chi connectivity index (χ2v) is 9.96. The molecule has 0 spiro atoms. The summed E-state index contributed by atoms with van der Waals surface area (Å²) in [5.41, 5.74) is 11.6. The number of pyridine rings is 2. The monoisotopic (exact) mass is 462 g/mol. The predicted molar refractivity (Wildman–Crippen MR) is 153 cm³/mol. The Morgan fingerprint density at radius 1 is 0.417 bits per heavy atom. The number of nitrogens with zero attached hydrogens (tertiary/aromatic N) is 2. The number of benzene rings is 5. The Morgan fingerprint density at radius 2 is 0.806 bits per heavy atom. The van der Waals surface area contributed by atoms with Gasteiger partial charge < -0.3 is 0 Å². The number of hydrogen-bond acceptors (Lipinski definition) is 2. The van der Waals surface area contributed by atoms with Crippen molar-refractivity contribution in [3.8, 4) is 22.5 Å². The molecule has 5 aromatic carbocycles. The Hall–Kier alpha value is -4.30. The molecule has 7 aromatic rings. The van der Waals surface area contributed by atoms with E-state index in [0.29, 0.717) is 0 Å². The highest BCUT2D eigenvalue weighted by Crippen LogP contribution is 2.45. The number of aromatic nitrogens is 2. The Labute approximate surface area is 210 Å². The Balaban J connectivity index is 1.76. The topological polar surface area (TPSA) is 25.8 Å². The van der Waals surface area contributed by atoms with E-state index in [2.05, 4.69) is 113 Å². The number of fused-ring (bicyclic) bond motifs is 2. The number of hydrogen-bond donors (Lipinski definition) is 0. The van der Waals surface area contributed by atoms with Gasteiger partial charge in [0.15, 0.2) is 0 Å². The van der Waals surface area contributed by atoms with Crippen molar-refractivity contribution in [2.24, 2.45) is 0 Å². The van der Waals surface area contributed by atoms with Crippen LogP contribution in [0.2, 0.25) is 0 Å². The molecule has 7 rings (SSSR count). The maximum atomic E-state index is 5.38. The maximum absolute atomic E-state index is 5.38. The second-order valence-electron chi connectivity index (χ2n) is 9.96. The van der Waals surface area contributed by atoms with Crippen LogP contribution in [0.3, 0.4) is 0 Å². The van der Waals surface area contributed by atoms with Crippen LogP contribution < -0.4 is 0 Å². The molecule has 0 aliphatic carbocycles. The molecule has 0 unspecified atom stereocenters. The SMILES string of the molecule is Cc1ccc2c3nc(-c4ccccc4)c(C)c4c(C)ccc(c5nc(-c6ccccc6)c(C)c1c25)c43. The molecule has 2 heterocycles. The molecule has 2 heteroatoms. The van der Waals surface area contributed by atoms with Crippen LogP contribution in [0.4, 0.5) is 0 Å². The van der Waals surface area contributed by atoms with Crippen molar-refractivity contribution in [2.45, 2.75) is 27.7 Å². The quantitative estimate of drug-likeness (QED) is 0.189. The van der Waals surface area contributed by atoms with Gasteiger partial charge in [0.2, 0.25) is 0 Å². The molecule has 2 nitrogen and oxygen atoms in total. The zero-order chi connectivity index (χ0) is 24.6. The first-order valence-electron chi connectivity index (χ1n) is 12.5. The van der Waals surface area contributed by atoms with Gasteiger partial charge in [0.25, 0.3) is 0 Å². The van der Waals surface area contributed by atoms with Gasteiger partial charge in [-0.3, -0.25) is 0 Å². The summed E-state index contributed by atoms with van der Waals surface area (Å²) in [4.78, 5) is 10.8. The van der Waals surface area contributed by atoms with Gasteiger partial charge in [0.05, 0.1) is 22.4 Å². The largest absolute Gasteiger partial charge is 0.247 e. The molecular formula is C34H26N2. The predicted octanol–water partition coefficient (Wildman–Crippen LogP) is 9.09. The minimum atomic E-state index is 1.06. The molecular weight excluding hydrogens is 436 g/mol. The van der Waals surface area contributed by atoms with E-state index < -0.39 is 0 Å². The van der Waals surface area contributed by atoms with Crippen molar-refractivity contribution in [1.82, 2.24) is 9.97 Å². The highest BCUT2D eigenvalue weighted by Gasteiger charge is 2.22. The normalized spacial score (nSPS) is 11.9. The van der Waals surface area contributed by atoms with E-state index in [-0.39, 0.29) is 0 Å². The first-order valence-corrected chi connectivity index (χ1v) is 12.5. The summed E-state index contributed by atoms with van der Waals surface area (Å²) >= 11 is 0. The van der Waals surface area contributed by atoms with Gasteiger partial charge in [-0.05, 0) is 60.7 Å². The molecule has 36 heavy (non-hydrogen) atoms. The first-order chi connectivity index (χ1) is 17.5. The molecule has 0 radical (unpaired) electrons. The molecule has 0 saturated heterocycles. The molecule has 0 fully saturated rings. The summed E-state index contributed by atoms with van der Waals surface area (Å²) in [5.74, 6) is 0. The summed E-state index contributed by atoms with van der Waals surface area (Å²) in [6, 6.07) is 30.1.